The van der Waals surface area contributed by atoms with Crippen molar-refractivity contribution >= 4 is 10.0 Å². The lowest BCUT2D eigenvalue weighted by Crippen LogP contribution is -2.67. The second-order valence-corrected chi connectivity index (χ2v) is 8.08. The Labute approximate surface area is 121 Å². The molecule has 4 nitrogen and oxygen atoms in total. The fourth-order valence-corrected chi connectivity index (χ4v) is 5.04. The highest BCUT2D eigenvalue weighted by Crippen LogP contribution is 2.49. The van der Waals surface area contributed by atoms with Gasteiger partial charge in [0.25, 0.3) is 0 Å². The summed E-state index contributed by atoms with van der Waals surface area (Å²) in [5.74, 6) is 0. The molecule has 0 unspecified atom stereocenters. The van der Waals surface area contributed by atoms with Crippen molar-refractivity contribution in [3.05, 3.63) is 30.3 Å². The van der Waals surface area contributed by atoms with Gasteiger partial charge in [-0.15, -0.1) is 0 Å². The van der Waals surface area contributed by atoms with Crippen LogP contribution in [-0.2, 0) is 10.0 Å². The van der Waals surface area contributed by atoms with Gasteiger partial charge in [-0.2, -0.15) is 4.31 Å². The van der Waals surface area contributed by atoms with E-state index in [1.807, 2.05) is 6.07 Å². The van der Waals surface area contributed by atoms with Crippen molar-refractivity contribution in [1.82, 2.24) is 9.62 Å². The van der Waals surface area contributed by atoms with Crippen molar-refractivity contribution in [2.75, 3.05) is 19.6 Å². The SMILES string of the molecule is CCCNC1CC2(C1)CN(S(=O)(=O)c1ccccc1)C2. The van der Waals surface area contributed by atoms with Crippen LogP contribution >= 0.6 is 0 Å². The molecule has 1 heterocycles. The molecular formula is C15H22N2O2S. The van der Waals surface area contributed by atoms with E-state index in [0.717, 1.165) is 25.8 Å². The molecule has 2 fully saturated rings. The molecule has 1 spiro atoms. The summed E-state index contributed by atoms with van der Waals surface area (Å²) in [6, 6.07) is 9.33. The topological polar surface area (TPSA) is 49.4 Å². The summed E-state index contributed by atoms with van der Waals surface area (Å²) in [7, 11) is -3.27. The second-order valence-electron chi connectivity index (χ2n) is 6.15. The Morgan fingerprint density at radius 1 is 1.25 bits per heavy atom. The second kappa shape index (κ2) is 5.13. The van der Waals surface area contributed by atoms with Crippen molar-refractivity contribution in [2.24, 2.45) is 5.41 Å². The minimum Gasteiger partial charge on any atom is -0.314 e. The highest BCUT2D eigenvalue weighted by atomic mass is 32.2. The molecule has 20 heavy (non-hydrogen) atoms. The third-order valence-corrected chi connectivity index (χ3v) is 6.25. The molecule has 0 aromatic heterocycles. The molecule has 1 saturated carbocycles. The quantitative estimate of drug-likeness (QED) is 0.901. The molecule has 5 heteroatoms. The molecular weight excluding hydrogens is 272 g/mol. The molecule has 3 rings (SSSR count). The van der Waals surface area contributed by atoms with E-state index in [9.17, 15) is 8.42 Å². The van der Waals surface area contributed by atoms with E-state index >= 15 is 0 Å². The minimum atomic E-state index is -3.27. The Hall–Kier alpha value is -0.910. The van der Waals surface area contributed by atoms with E-state index in [-0.39, 0.29) is 5.41 Å². The first-order chi connectivity index (χ1) is 9.56. The summed E-state index contributed by atoms with van der Waals surface area (Å²) in [6.07, 6.45) is 3.39. The lowest BCUT2D eigenvalue weighted by molar-refractivity contribution is -0.0335. The summed E-state index contributed by atoms with van der Waals surface area (Å²) in [6.45, 7) is 4.61. The summed E-state index contributed by atoms with van der Waals surface area (Å²) < 4.78 is 26.4. The number of hydrogen-bond acceptors (Lipinski definition) is 3. The Morgan fingerprint density at radius 2 is 1.90 bits per heavy atom. The van der Waals surface area contributed by atoms with Gasteiger partial charge in [0.1, 0.15) is 0 Å². The molecule has 1 aromatic rings. The average molecular weight is 294 g/mol. The van der Waals surface area contributed by atoms with Crippen molar-refractivity contribution in [3.8, 4) is 0 Å². The van der Waals surface area contributed by atoms with Gasteiger partial charge < -0.3 is 5.32 Å². The lowest BCUT2D eigenvalue weighted by atomic mass is 9.61. The monoisotopic (exact) mass is 294 g/mol. The van der Waals surface area contributed by atoms with Crippen LogP contribution in [0.15, 0.2) is 35.2 Å². The van der Waals surface area contributed by atoms with Crippen molar-refractivity contribution in [3.63, 3.8) is 0 Å². The average Bonchev–Trinajstić information content (AvgIpc) is 2.36. The largest absolute Gasteiger partial charge is 0.314 e. The van der Waals surface area contributed by atoms with Gasteiger partial charge in [0.05, 0.1) is 4.90 Å². The molecule has 1 aliphatic carbocycles. The Morgan fingerprint density at radius 3 is 2.50 bits per heavy atom. The van der Waals surface area contributed by atoms with Crippen LogP contribution in [-0.4, -0.2) is 38.4 Å². The normalized spacial score (nSPS) is 22.4. The molecule has 0 atom stereocenters. The first kappa shape index (κ1) is 14.0. The smallest absolute Gasteiger partial charge is 0.243 e. The standard InChI is InChI=1S/C15H22N2O2S/c1-2-8-16-13-9-15(10-13)11-17(12-15)20(18,19)14-6-4-3-5-7-14/h3-7,13,16H,2,8-12H2,1H3. The molecule has 1 aliphatic heterocycles. The molecule has 1 N–H and O–H groups in total. The molecule has 0 amide bonds. The molecule has 110 valence electrons. The first-order valence-electron chi connectivity index (χ1n) is 7.34. The summed E-state index contributed by atoms with van der Waals surface area (Å²) >= 11 is 0. The fraction of sp³-hybridized carbons (Fsp3) is 0.600. The van der Waals surface area contributed by atoms with E-state index in [0.29, 0.717) is 24.0 Å². The van der Waals surface area contributed by atoms with Crippen LogP contribution in [0.4, 0.5) is 0 Å². The maximum absolute atomic E-state index is 12.4. The van der Waals surface area contributed by atoms with Crippen LogP contribution < -0.4 is 5.32 Å². The number of nitrogens with one attached hydrogen (secondary N) is 1. The predicted molar refractivity (Wildman–Crippen MR) is 78.9 cm³/mol. The molecule has 0 bridgehead atoms. The molecule has 2 aliphatic rings. The van der Waals surface area contributed by atoms with E-state index in [1.165, 1.54) is 0 Å². The van der Waals surface area contributed by atoms with Crippen LogP contribution in [0.1, 0.15) is 26.2 Å². The van der Waals surface area contributed by atoms with Crippen LogP contribution in [0.5, 0.6) is 0 Å². The van der Waals surface area contributed by atoms with Crippen LogP contribution in [0.2, 0.25) is 0 Å². The third-order valence-electron chi connectivity index (χ3n) is 4.45. The van der Waals surface area contributed by atoms with E-state index < -0.39 is 10.0 Å². The molecule has 0 radical (unpaired) electrons. The van der Waals surface area contributed by atoms with Gasteiger partial charge in [-0.1, -0.05) is 25.1 Å². The van der Waals surface area contributed by atoms with Crippen LogP contribution in [0.25, 0.3) is 0 Å². The van der Waals surface area contributed by atoms with E-state index in [1.54, 1.807) is 28.6 Å². The summed E-state index contributed by atoms with van der Waals surface area (Å²) in [5, 5.41) is 3.51. The van der Waals surface area contributed by atoms with Gasteiger partial charge in [-0.05, 0) is 37.9 Å². The number of nitrogens with zero attached hydrogens (tertiary/aromatic N) is 1. The Bertz CT molecular complexity index is 557. The predicted octanol–water partition coefficient (Wildman–Crippen LogP) is 1.84. The van der Waals surface area contributed by atoms with Gasteiger partial charge in [0.15, 0.2) is 0 Å². The van der Waals surface area contributed by atoms with Gasteiger partial charge in [-0.3, -0.25) is 0 Å². The van der Waals surface area contributed by atoms with E-state index in [2.05, 4.69) is 12.2 Å². The van der Waals surface area contributed by atoms with E-state index in [4.69, 9.17) is 0 Å². The number of rotatable bonds is 5. The number of hydrogen-bond donors (Lipinski definition) is 1. The molecule has 1 saturated heterocycles. The highest BCUT2D eigenvalue weighted by Gasteiger charge is 2.55. The van der Waals surface area contributed by atoms with Crippen molar-refractivity contribution < 1.29 is 8.42 Å². The molecule has 1 aromatic carbocycles. The van der Waals surface area contributed by atoms with Crippen molar-refractivity contribution in [1.29, 1.82) is 0 Å². The Kier molecular flexibility index (Phi) is 3.60. The number of sulfonamides is 1. The van der Waals surface area contributed by atoms with Gasteiger partial charge in [0.2, 0.25) is 10.0 Å². The first-order valence-corrected chi connectivity index (χ1v) is 8.78. The van der Waals surface area contributed by atoms with Gasteiger partial charge in [-0.25, -0.2) is 8.42 Å². The summed E-state index contributed by atoms with van der Waals surface area (Å²) in [4.78, 5) is 0.412. The fourth-order valence-electron chi connectivity index (χ4n) is 3.35. The van der Waals surface area contributed by atoms with Gasteiger partial charge >= 0.3 is 0 Å². The maximum atomic E-state index is 12.4. The van der Waals surface area contributed by atoms with Crippen LogP contribution in [0, 0.1) is 5.41 Å². The van der Waals surface area contributed by atoms with Crippen LogP contribution in [0.3, 0.4) is 0 Å². The highest BCUT2D eigenvalue weighted by molar-refractivity contribution is 7.89. The Balaban J connectivity index is 1.57. The third kappa shape index (κ3) is 2.38. The minimum absolute atomic E-state index is 0.257. The maximum Gasteiger partial charge on any atom is 0.243 e. The van der Waals surface area contributed by atoms with Crippen molar-refractivity contribution in [2.45, 2.75) is 37.1 Å². The number of benzene rings is 1. The zero-order valence-corrected chi connectivity index (χ0v) is 12.7. The lowest BCUT2D eigenvalue weighted by Gasteiger charge is -2.58. The zero-order valence-electron chi connectivity index (χ0n) is 11.9. The summed E-state index contributed by atoms with van der Waals surface area (Å²) in [5.41, 5.74) is 0.257. The zero-order chi connectivity index (χ0) is 14.2. The van der Waals surface area contributed by atoms with Gasteiger partial charge in [0, 0.05) is 24.5 Å².